The van der Waals surface area contributed by atoms with E-state index in [4.69, 9.17) is 0 Å². The van der Waals surface area contributed by atoms with Gasteiger partial charge in [-0.1, -0.05) is 39.3 Å². The van der Waals surface area contributed by atoms with Gasteiger partial charge in [0, 0.05) is 0 Å². The second-order valence-corrected chi connectivity index (χ2v) is 6.12. The van der Waals surface area contributed by atoms with E-state index in [1.807, 2.05) is 0 Å². The zero-order chi connectivity index (χ0) is 10.6. The lowest BCUT2D eigenvalue weighted by Gasteiger charge is -2.50. The quantitative estimate of drug-likeness (QED) is 0.499. The van der Waals surface area contributed by atoms with E-state index in [2.05, 4.69) is 40.7 Å². The van der Waals surface area contributed by atoms with Gasteiger partial charge in [0.25, 0.3) is 0 Å². The van der Waals surface area contributed by atoms with Crippen molar-refractivity contribution in [3.8, 4) is 0 Å². The monoisotopic (exact) mass is 192 g/mol. The van der Waals surface area contributed by atoms with Crippen molar-refractivity contribution >= 4 is 0 Å². The first-order valence-electron chi connectivity index (χ1n) is 6.10. The average molecular weight is 192 g/mol. The van der Waals surface area contributed by atoms with E-state index in [-0.39, 0.29) is 0 Å². The van der Waals surface area contributed by atoms with Crippen molar-refractivity contribution in [2.24, 2.45) is 22.7 Å². The molecule has 0 spiro atoms. The van der Waals surface area contributed by atoms with Crippen molar-refractivity contribution in [1.82, 2.24) is 0 Å². The van der Waals surface area contributed by atoms with E-state index in [0.29, 0.717) is 10.8 Å². The highest BCUT2D eigenvalue weighted by atomic mass is 14.6. The van der Waals surface area contributed by atoms with Crippen molar-refractivity contribution < 1.29 is 0 Å². The first-order valence-corrected chi connectivity index (χ1v) is 6.10. The lowest BCUT2D eigenvalue weighted by molar-refractivity contribution is 0.00821. The van der Waals surface area contributed by atoms with Gasteiger partial charge in [0.15, 0.2) is 0 Å². The fourth-order valence-electron chi connectivity index (χ4n) is 4.14. The molecule has 2 bridgehead atoms. The van der Waals surface area contributed by atoms with Crippen LogP contribution in [0.25, 0.3) is 0 Å². The minimum atomic E-state index is 0.477. The second-order valence-electron chi connectivity index (χ2n) is 6.12. The van der Waals surface area contributed by atoms with Crippen molar-refractivity contribution in [2.45, 2.75) is 53.9 Å². The van der Waals surface area contributed by atoms with E-state index in [1.54, 1.807) is 5.57 Å². The third-order valence-electron chi connectivity index (χ3n) is 5.77. The largest absolute Gasteiger partial charge is 0.0879 e. The zero-order valence-electron chi connectivity index (χ0n) is 10.4. The van der Waals surface area contributed by atoms with Gasteiger partial charge in [0.05, 0.1) is 0 Å². The summed E-state index contributed by atoms with van der Waals surface area (Å²) in [6, 6.07) is 0. The Kier molecular flexibility index (Phi) is 2.10. The fraction of sp³-hybridized carbons (Fsp3) is 0.857. The maximum absolute atomic E-state index is 2.51. The van der Waals surface area contributed by atoms with Gasteiger partial charge in [0.1, 0.15) is 0 Å². The molecule has 2 fully saturated rings. The molecular weight excluding hydrogens is 168 g/mol. The first kappa shape index (κ1) is 10.3. The van der Waals surface area contributed by atoms with Gasteiger partial charge in [0.2, 0.25) is 0 Å². The van der Waals surface area contributed by atoms with E-state index in [0.717, 1.165) is 11.8 Å². The highest BCUT2D eigenvalue weighted by Gasteiger charge is 2.58. The standard InChI is InChI=1S/C14H24/c1-6-11-9-12-8-7-10(2)14(11,5)13(12,3)4/h6,10,12H,7-9H2,1-5H3/b11-6-/t10-,12-,14+/m1/s1. The Labute approximate surface area is 88.8 Å². The van der Waals surface area contributed by atoms with E-state index in [9.17, 15) is 0 Å². The van der Waals surface area contributed by atoms with Gasteiger partial charge >= 0.3 is 0 Å². The number of hydrogen-bond donors (Lipinski definition) is 0. The molecule has 0 aromatic rings. The van der Waals surface area contributed by atoms with Crippen LogP contribution in [0.2, 0.25) is 0 Å². The molecule has 0 aromatic carbocycles. The molecule has 0 heterocycles. The summed E-state index contributed by atoms with van der Waals surface area (Å²) < 4.78 is 0. The third-order valence-corrected chi connectivity index (χ3v) is 5.77. The van der Waals surface area contributed by atoms with Crippen LogP contribution >= 0.6 is 0 Å². The predicted octanol–water partition coefficient (Wildman–Crippen LogP) is 4.42. The summed E-state index contributed by atoms with van der Waals surface area (Å²) in [5.41, 5.74) is 2.73. The van der Waals surface area contributed by atoms with E-state index in [1.165, 1.54) is 19.3 Å². The molecule has 80 valence electrons. The second kappa shape index (κ2) is 2.87. The van der Waals surface area contributed by atoms with Gasteiger partial charge < -0.3 is 0 Å². The lowest BCUT2D eigenvalue weighted by Crippen LogP contribution is -2.43. The number of allylic oxidation sites excluding steroid dienone is 2. The molecule has 2 aliphatic rings. The Balaban J connectivity index is 2.52. The average Bonchev–Trinajstić information content (AvgIpc) is 2.26. The predicted molar refractivity (Wildman–Crippen MR) is 62.2 cm³/mol. The van der Waals surface area contributed by atoms with Gasteiger partial charge in [-0.25, -0.2) is 0 Å². The van der Waals surface area contributed by atoms with Crippen LogP contribution in [0.1, 0.15) is 53.9 Å². The van der Waals surface area contributed by atoms with Crippen LogP contribution in [0.5, 0.6) is 0 Å². The van der Waals surface area contributed by atoms with Gasteiger partial charge in [-0.05, 0) is 48.9 Å². The van der Waals surface area contributed by atoms with Crippen LogP contribution in [-0.4, -0.2) is 0 Å². The summed E-state index contributed by atoms with van der Waals surface area (Å²) in [5.74, 6) is 1.80. The summed E-state index contributed by atoms with van der Waals surface area (Å²) >= 11 is 0. The summed E-state index contributed by atoms with van der Waals surface area (Å²) in [6.45, 7) is 12.2. The maximum Gasteiger partial charge on any atom is -0.00369 e. The highest BCUT2D eigenvalue weighted by molar-refractivity contribution is 5.28. The number of hydrogen-bond acceptors (Lipinski definition) is 0. The third kappa shape index (κ3) is 0.951. The van der Waals surface area contributed by atoms with Crippen LogP contribution in [0.4, 0.5) is 0 Å². The van der Waals surface area contributed by atoms with Crippen LogP contribution in [-0.2, 0) is 0 Å². The number of fused-ring (bicyclic) bond motifs is 2. The molecule has 14 heavy (non-hydrogen) atoms. The molecule has 0 amide bonds. The molecule has 0 unspecified atom stereocenters. The molecule has 0 heteroatoms. The molecule has 3 atom stereocenters. The summed E-state index contributed by atoms with van der Waals surface area (Å²) in [5, 5.41) is 0. The summed E-state index contributed by atoms with van der Waals surface area (Å²) in [7, 11) is 0. The Bertz CT molecular complexity index is 272. The molecule has 2 saturated carbocycles. The van der Waals surface area contributed by atoms with Crippen molar-refractivity contribution in [3.63, 3.8) is 0 Å². The van der Waals surface area contributed by atoms with Gasteiger partial charge in [-0.15, -0.1) is 0 Å². The van der Waals surface area contributed by atoms with Crippen LogP contribution in [0, 0.1) is 22.7 Å². The van der Waals surface area contributed by atoms with E-state index >= 15 is 0 Å². The Morgan fingerprint density at radius 1 is 1.21 bits per heavy atom. The first-order chi connectivity index (χ1) is 6.44. The number of rotatable bonds is 0. The van der Waals surface area contributed by atoms with Gasteiger partial charge in [-0.2, -0.15) is 0 Å². The molecule has 0 radical (unpaired) electrons. The zero-order valence-corrected chi connectivity index (χ0v) is 10.4. The Hall–Kier alpha value is -0.260. The summed E-state index contributed by atoms with van der Waals surface area (Å²) in [6.07, 6.45) is 6.64. The molecular formula is C14H24. The van der Waals surface area contributed by atoms with E-state index < -0.39 is 0 Å². The van der Waals surface area contributed by atoms with Crippen LogP contribution in [0.3, 0.4) is 0 Å². The molecule has 0 aromatic heterocycles. The minimum absolute atomic E-state index is 0.477. The van der Waals surface area contributed by atoms with Crippen molar-refractivity contribution in [1.29, 1.82) is 0 Å². The van der Waals surface area contributed by atoms with Crippen molar-refractivity contribution in [3.05, 3.63) is 11.6 Å². The smallest absolute Gasteiger partial charge is 0.00369 e. The van der Waals surface area contributed by atoms with Crippen LogP contribution in [0.15, 0.2) is 11.6 Å². The fourth-order valence-corrected chi connectivity index (χ4v) is 4.14. The minimum Gasteiger partial charge on any atom is -0.0879 e. The SMILES string of the molecule is C/C=C1/C[C@H]2CC[C@@H](C)[C@]1(C)C2(C)C. The Morgan fingerprint density at radius 2 is 1.86 bits per heavy atom. The molecule has 2 rings (SSSR count). The molecule has 0 N–H and O–H groups in total. The maximum atomic E-state index is 2.51. The van der Waals surface area contributed by atoms with Crippen molar-refractivity contribution in [2.75, 3.05) is 0 Å². The molecule has 0 saturated heterocycles. The molecule has 2 aliphatic carbocycles. The van der Waals surface area contributed by atoms with Crippen LogP contribution < -0.4 is 0 Å². The highest BCUT2D eigenvalue weighted by Crippen LogP contribution is 2.67. The Morgan fingerprint density at radius 3 is 2.43 bits per heavy atom. The lowest BCUT2D eigenvalue weighted by atomic mass is 9.54. The molecule has 0 aliphatic heterocycles. The van der Waals surface area contributed by atoms with Gasteiger partial charge in [-0.3, -0.25) is 0 Å². The molecule has 0 nitrogen and oxygen atoms in total. The normalized spacial score (nSPS) is 48.5. The summed E-state index contributed by atoms with van der Waals surface area (Å²) in [4.78, 5) is 0. The topological polar surface area (TPSA) is 0 Å².